The average molecular weight is 368 g/mol. The van der Waals surface area contributed by atoms with Crippen LogP contribution < -0.4 is 15.8 Å². The van der Waals surface area contributed by atoms with Gasteiger partial charge in [-0.2, -0.15) is 13.2 Å². The molecule has 10 heteroatoms. The molecule has 0 aliphatic rings. The van der Waals surface area contributed by atoms with Gasteiger partial charge in [0.05, 0.1) is 5.02 Å². The van der Waals surface area contributed by atoms with Crippen LogP contribution in [0, 0.1) is 5.41 Å². The van der Waals surface area contributed by atoms with E-state index in [4.69, 9.17) is 17.3 Å². The van der Waals surface area contributed by atoms with Crippen LogP contribution >= 0.6 is 11.6 Å². The summed E-state index contributed by atoms with van der Waals surface area (Å²) in [6, 6.07) is 1.24. The van der Waals surface area contributed by atoms with Gasteiger partial charge in [-0.1, -0.05) is 32.4 Å². The molecule has 0 saturated heterocycles. The Kier molecular flexibility index (Phi) is 6.04. The number of rotatable bonds is 5. The lowest BCUT2D eigenvalue weighted by atomic mass is 9.86. The molecule has 1 rings (SSSR count). The van der Waals surface area contributed by atoms with Crippen molar-refractivity contribution < 1.29 is 27.5 Å². The minimum atomic E-state index is -4.55. The smallest absolute Gasteiger partial charge is 0.422 e. The van der Waals surface area contributed by atoms with Crippen molar-refractivity contribution in [1.82, 2.24) is 10.3 Å². The van der Waals surface area contributed by atoms with E-state index in [0.29, 0.717) is 0 Å². The number of hydrogen-bond acceptors (Lipinski definition) is 4. The van der Waals surface area contributed by atoms with Crippen LogP contribution in [0.2, 0.25) is 5.02 Å². The number of amides is 2. The van der Waals surface area contributed by atoms with Gasteiger partial charge < -0.3 is 15.8 Å². The zero-order valence-corrected chi connectivity index (χ0v) is 14.0. The molecule has 2 amide bonds. The van der Waals surface area contributed by atoms with E-state index in [-0.39, 0.29) is 10.7 Å². The lowest BCUT2D eigenvalue weighted by molar-refractivity contribution is -0.154. The third kappa shape index (κ3) is 5.88. The predicted molar refractivity (Wildman–Crippen MR) is 80.7 cm³/mol. The molecule has 0 aliphatic heterocycles. The number of pyridine rings is 1. The van der Waals surface area contributed by atoms with Crippen LogP contribution in [0.15, 0.2) is 12.1 Å². The monoisotopic (exact) mass is 367 g/mol. The van der Waals surface area contributed by atoms with Gasteiger partial charge in [0.1, 0.15) is 6.04 Å². The minimum absolute atomic E-state index is 0.107. The molecule has 3 N–H and O–H groups in total. The van der Waals surface area contributed by atoms with E-state index in [1.807, 2.05) is 0 Å². The van der Waals surface area contributed by atoms with Crippen molar-refractivity contribution in [3.05, 3.63) is 22.8 Å². The summed E-state index contributed by atoms with van der Waals surface area (Å²) in [6.07, 6.45) is -4.55. The van der Waals surface area contributed by atoms with Crippen LogP contribution in [0.4, 0.5) is 13.2 Å². The molecule has 1 aromatic rings. The highest BCUT2D eigenvalue weighted by molar-refractivity contribution is 6.33. The number of aromatic nitrogens is 1. The van der Waals surface area contributed by atoms with Crippen molar-refractivity contribution >= 4 is 23.4 Å². The van der Waals surface area contributed by atoms with E-state index in [1.165, 1.54) is 6.07 Å². The highest BCUT2D eigenvalue weighted by atomic mass is 35.5. The van der Waals surface area contributed by atoms with Gasteiger partial charge in [-0.3, -0.25) is 9.59 Å². The zero-order valence-electron chi connectivity index (χ0n) is 13.2. The summed E-state index contributed by atoms with van der Waals surface area (Å²) in [6.45, 7) is 3.48. The summed E-state index contributed by atoms with van der Waals surface area (Å²) >= 11 is 5.84. The Bertz CT molecular complexity index is 630. The maximum absolute atomic E-state index is 12.2. The first kappa shape index (κ1) is 20.0. The molecule has 6 nitrogen and oxygen atoms in total. The van der Waals surface area contributed by atoms with Crippen molar-refractivity contribution in [2.24, 2.45) is 11.1 Å². The van der Waals surface area contributed by atoms with Crippen LogP contribution in [0.5, 0.6) is 5.88 Å². The fraction of sp³-hybridized carbons (Fsp3) is 0.500. The van der Waals surface area contributed by atoms with Gasteiger partial charge in [0.25, 0.3) is 5.91 Å². The molecule has 1 atom stereocenters. The second-order valence-corrected chi connectivity index (χ2v) is 6.47. The standard InChI is InChI=1S/C14H17ClF3N3O3/c1-13(2,3)10(11(19)22)21-12(23)9-7(15)4-5-8(20-9)24-6-14(16,17)18/h4-5,10H,6H2,1-3H3,(H2,19,22)(H,21,23)/t10-/m0/s1. The molecular weight excluding hydrogens is 351 g/mol. The molecule has 0 aliphatic carbocycles. The molecule has 1 heterocycles. The summed E-state index contributed by atoms with van der Waals surface area (Å²) in [4.78, 5) is 27.4. The Morgan fingerprint density at radius 1 is 1.33 bits per heavy atom. The Balaban J connectivity index is 2.99. The first-order chi connectivity index (χ1) is 10.8. The zero-order chi connectivity index (χ0) is 18.7. The fourth-order valence-corrected chi connectivity index (χ4v) is 1.92. The summed E-state index contributed by atoms with van der Waals surface area (Å²) in [5.41, 5.74) is 4.21. The van der Waals surface area contributed by atoms with Crippen LogP contribution in [-0.2, 0) is 4.79 Å². The molecule has 0 aromatic carbocycles. The molecule has 134 valence electrons. The SMILES string of the molecule is CC(C)(C)[C@@H](NC(=O)c1nc(OCC(F)(F)F)ccc1Cl)C(N)=O. The maximum atomic E-state index is 12.2. The van der Waals surface area contributed by atoms with Gasteiger partial charge >= 0.3 is 6.18 Å². The summed E-state index contributed by atoms with van der Waals surface area (Å²) in [5, 5.41) is 2.27. The number of nitrogens with zero attached hydrogens (tertiary/aromatic N) is 1. The predicted octanol–water partition coefficient (Wildman–Crippen LogP) is 2.31. The van der Waals surface area contributed by atoms with Crippen molar-refractivity contribution in [2.45, 2.75) is 33.0 Å². The molecule has 0 unspecified atom stereocenters. The third-order valence-corrected chi connectivity index (χ3v) is 3.15. The second-order valence-electron chi connectivity index (χ2n) is 6.06. The molecule has 0 radical (unpaired) electrons. The Morgan fingerprint density at radius 3 is 2.38 bits per heavy atom. The normalized spacial score (nSPS) is 13.3. The van der Waals surface area contributed by atoms with Crippen molar-refractivity contribution in [2.75, 3.05) is 6.61 Å². The van der Waals surface area contributed by atoms with Crippen LogP contribution in [0.3, 0.4) is 0 Å². The Labute approximate surface area is 141 Å². The molecule has 0 bridgehead atoms. The third-order valence-electron chi connectivity index (χ3n) is 2.85. The molecule has 0 saturated carbocycles. The number of carbonyl (C=O) groups is 2. The average Bonchev–Trinajstić information content (AvgIpc) is 2.41. The minimum Gasteiger partial charge on any atom is -0.468 e. The number of nitrogens with two attached hydrogens (primary N) is 1. The topological polar surface area (TPSA) is 94.3 Å². The summed E-state index contributed by atoms with van der Waals surface area (Å²) in [5.74, 6) is -2.04. The molecular formula is C14H17ClF3N3O3. The van der Waals surface area contributed by atoms with Crippen molar-refractivity contribution in [3.8, 4) is 5.88 Å². The highest BCUT2D eigenvalue weighted by Gasteiger charge is 2.32. The van der Waals surface area contributed by atoms with E-state index >= 15 is 0 Å². The highest BCUT2D eigenvalue weighted by Crippen LogP contribution is 2.23. The number of hydrogen-bond donors (Lipinski definition) is 2. The first-order valence-electron chi connectivity index (χ1n) is 6.77. The van der Waals surface area contributed by atoms with Gasteiger partial charge in [0, 0.05) is 6.07 Å². The number of primary amides is 1. The number of carbonyl (C=O) groups excluding carboxylic acids is 2. The van der Waals surface area contributed by atoms with Crippen LogP contribution in [-0.4, -0.2) is 35.6 Å². The number of alkyl halides is 3. The first-order valence-corrected chi connectivity index (χ1v) is 7.15. The van der Waals surface area contributed by atoms with Crippen molar-refractivity contribution in [1.29, 1.82) is 0 Å². The Morgan fingerprint density at radius 2 is 1.92 bits per heavy atom. The Hall–Kier alpha value is -2.03. The lowest BCUT2D eigenvalue weighted by Gasteiger charge is -2.28. The fourth-order valence-electron chi connectivity index (χ4n) is 1.73. The second kappa shape index (κ2) is 7.25. The molecule has 0 fully saturated rings. The van der Waals surface area contributed by atoms with Gasteiger partial charge in [-0.15, -0.1) is 0 Å². The quantitative estimate of drug-likeness (QED) is 0.835. The van der Waals surface area contributed by atoms with Gasteiger partial charge in [0.15, 0.2) is 12.3 Å². The van der Waals surface area contributed by atoms with E-state index in [2.05, 4.69) is 15.0 Å². The van der Waals surface area contributed by atoms with Gasteiger partial charge in [0.2, 0.25) is 11.8 Å². The van der Waals surface area contributed by atoms with Crippen LogP contribution in [0.25, 0.3) is 0 Å². The van der Waals surface area contributed by atoms with E-state index < -0.39 is 41.9 Å². The lowest BCUT2D eigenvalue weighted by Crippen LogP contribution is -2.52. The molecule has 24 heavy (non-hydrogen) atoms. The summed E-state index contributed by atoms with van der Waals surface area (Å²) < 4.78 is 41.0. The number of ether oxygens (including phenoxy) is 1. The van der Waals surface area contributed by atoms with E-state index in [0.717, 1.165) is 6.07 Å². The van der Waals surface area contributed by atoms with E-state index in [1.54, 1.807) is 20.8 Å². The number of nitrogens with one attached hydrogen (secondary N) is 1. The number of halogens is 4. The largest absolute Gasteiger partial charge is 0.468 e. The van der Waals surface area contributed by atoms with Crippen molar-refractivity contribution in [3.63, 3.8) is 0 Å². The summed E-state index contributed by atoms with van der Waals surface area (Å²) in [7, 11) is 0. The maximum Gasteiger partial charge on any atom is 0.422 e. The van der Waals surface area contributed by atoms with Gasteiger partial charge in [-0.25, -0.2) is 4.98 Å². The molecule has 1 aromatic heterocycles. The van der Waals surface area contributed by atoms with E-state index in [9.17, 15) is 22.8 Å². The molecule has 0 spiro atoms. The van der Waals surface area contributed by atoms with Crippen LogP contribution in [0.1, 0.15) is 31.3 Å². The van der Waals surface area contributed by atoms with Gasteiger partial charge in [-0.05, 0) is 11.5 Å².